The van der Waals surface area contributed by atoms with Crippen LogP contribution in [0.3, 0.4) is 0 Å². The van der Waals surface area contributed by atoms with Crippen molar-refractivity contribution in [3.8, 4) is 5.75 Å². The van der Waals surface area contributed by atoms with Crippen molar-refractivity contribution in [2.75, 3.05) is 19.8 Å². The summed E-state index contributed by atoms with van der Waals surface area (Å²) in [6.07, 6.45) is 0.159. The fourth-order valence-corrected chi connectivity index (χ4v) is 2.73. The fraction of sp³-hybridized carbons (Fsp3) is 0.389. The van der Waals surface area contributed by atoms with Crippen LogP contribution >= 0.6 is 0 Å². The molecule has 9 nitrogen and oxygen atoms in total. The van der Waals surface area contributed by atoms with Crippen LogP contribution < -0.4 is 4.74 Å². The maximum atomic E-state index is 11.8. The second-order valence-corrected chi connectivity index (χ2v) is 5.83. The lowest BCUT2D eigenvalue weighted by Crippen LogP contribution is -2.19. The highest BCUT2D eigenvalue weighted by Gasteiger charge is 2.33. The molecule has 1 aromatic carbocycles. The molecule has 9 heteroatoms. The maximum absolute atomic E-state index is 11.8. The molecule has 1 saturated heterocycles. The Morgan fingerprint density at radius 3 is 2.52 bits per heavy atom. The molecule has 2 unspecified atom stereocenters. The first-order valence-electron chi connectivity index (χ1n) is 8.14. The van der Waals surface area contributed by atoms with Gasteiger partial charge in [0, 0.05) is 18.1 Å². The summed E-state index contributed by atoms with van der Waals surface area (Å²) in [5.41, 5.74) is -0.390. The Hall–Kier alpha value is -2.91. The highest BCUT2D eigenvalue weighted by atomic mass is 16.6. The number of aliphatic hydroxyl groups is 1. The lowest BCUT2D eigenvalue weighted by atomic mass is 9.91. The van der Waals surface area contributed by atoms with Gasteiger partial charge in [-0.3, -0.25) is 0 Å². The van der Waals surface area contributed by atoms with E-state index in [9.17, 15) is 24.6 Å². The van der Waals surface area contributed by atoms with Crippen LogP contribution in [0.15, 0.2) is 18.7 Å². The number of carboxylic acid groups (broad SMARTS) is 2. The third-order valence-corrected chi connectivity index (χ3v) is 3.90. The van der Waals surface area contributed by atoms with E-state index >= 15 is 0 Å². The third-order valence-electron chi connectivity index (χ3n) is 3.90. The summed E-state index contributed by atoms with van der Waals surface area (Å²) in [6, 6.07) is 1.23. The number of carbonyl (C=O) groups is 3. The summed E-state index contributed by atoms with van der Waals surface area (Å²) in [5.74, 6) is -3.94. The number of aliphatic hydroxyl groups excluding tert-OH is 1. The van der Waals surface area contributed by atoms with E-state index in [0.717, 1.165) is 6.08 Å². The summed E-state index contributed by atoms with van der Waals surface area (Å²) >= 11 is 0. The molecule has 146 valence electrons. The Kier molecular flexibility index (Phi) is 6.54. The zero-order valence-corrected chi connectivity index (χ0v) is 14.6. The van der Waals surface area contributed by atoms with E-state index in [0.29, 0.717) is 18.6 Å². The molecule has 2 rings (SSSR count). The number of aromatic carboxylic acids is 2. The fourth-order valence-electron chi connectivity index (χ4n) is 2.73. The minimum absolute atomic E-state index is 0.144. The number of hydrogen-bond acceptors (Lipinski definition) is 7. The van der Waals surface area contributed by atoms with Crippen molar-refractivity contribution in [3.63, 3.8) is 0 Å². The van der Waals surface area contributed by atoms with Crippen LogP contribution in [-0.4, -0.2) is 59.2 Å². The lowest BCUT2D eigenvalue weighted by molar-refractivity contribution is -0.142. The monoisotopic (exact) mass is 380 g/mol. The van der Waals surface area contributed by atoms with Gasteiger partial charge in [-0.2, -0.15) is 0 Å². The quantitative estimate of drug-likeness (QED) is 0.310. The smallest absolute Gasteiger partial charge is 0.340 e. The van der Waals surface area contributed by atoms with Crippen LogP contribution in [0.4, 0.5) is 0 Å². The van der Waals surface area contributed by atoms with Crippen molar-refractivity contribution >= 4 is 17.9 Å². The molecule has 0 bridgehead atoms. The van der Waals surface area contributed by atoms with Gasteiger partial charge in [0.2, 0.25) is 0 Å². The van der Waals surface area contributed by atoms with E-state index in [1.54, 1.807) is 0 Å². The SMILES string of the molecule is C=CC(=O)OC(C)c1c(CC2CO2)cc(C(=O)O)c(C(=O)O)c1OCCO. The van der Waals surface area contributed by atoms with Gasteiger partial charge in [-0.25, -0.2) is 14.4 Å². The molecule has 0 aromatic heterocycles. The Bertz CT molecular complexity index is 765. The van der Waals surface area contributed by atoms with E-state index in [1.807, 2.05) is 0 Å². The molecule has 2 atom stereocenters. The minimum atomic E-state index is -1.52. The number of epoxide rings is 1. The first-order chi connectivity index (χ1) is 12.8. The molecular weight excluding hydrogens is 360 g/mol. The van der Waals surface area contributed by atoms with E-state index in [4.69, 9.17) is 19.3 Å². The normalized spacial score (nSPS) is 16.3. The molecule has 0 amide bonds. The summed E-state index contributed by atoms with van der Waals surface area (Å²) in [5, 5.41) is 28.1. The highest BCUT2D eigenvalue weighted by molar-refractivity contribution is 6.04. The van der Waals surface area contributed by atoms with Crippen molar-refractivity contribution in [1.29, 1.82) is 0 Å². The first-order valence-corrected chi connectivity index (χ1v) is 8.14. The van der Waals surface area contributed by atoms with E-state index in [1.165, 1.54) is 13.0 Å². The Morgan fingerprint density at radius 2 is 2.04 bits per heavy atom. The number of benzene rings is 1. The molecule has 27 heavy (non-hydrogen) atoms. The van der Waals surface area contributed by atoms with E-state index < -0.39 is 41.7 Å². The summed E-state index contributed by atoms with van der Waals surface area (Å²) in [7, 11) is 0. The van der Waals surface area contributed by atoms with Crippen LogP contribution in [0.5, 0.6) is 5.75 Å². The number of carboxylic acids is 2. The first kappa shape index (κ1) is 20.4. The summed E-state index contributed by atoms with van der Waals surface area (Å²) in [4.78, 5) is 35.0. The van der Waals surface area contributed by atoms with Gasteiger partial charge in [-0.15, -0.1) is 0 Å². The Balaban J connectivity index is 2.70. The third kappa shape index (κ3) is 4.83. The Morgan fingerprint density at radius 1 is 1.37 bits per heavy atom. The number of ether oxygens (including phenoxy) is 3. The van der Waals surface area contributed by atoms with Gasteiger partial charge in [0.05, 0.1) is 24.9 Å². The van der Waals surface area contributed by atoms with Crippen LogP contribution in [-0.2, 0) is 20.7 Å². The van der Waals surface area contributed by atoms with Crippen LogP contribution in [0.2, 0.25) is 0 Å². The van der Waals surface area contributed by atoms with Crippen LogP contribution in [0.1, 0.15) is 44.9 Å². The Labute approximate surface area is 154 Å². The predicted octanol–water partition coefficient (Wildman–Crippen LogP) is 1.19. The second kappa shape index (κ2) is 8.65. The maximum Gasteiger partial charge on any atom is 0.340 e. The zero-order valence-electron chi connectivity index (χ0n) is 14.6. The molecule has 0 radical (unpaired) electrons. The molecule has 0 saturated carbocycles. The molecule has 3 N–H and O–H groups in total. The van der Waals surface area contributed by atoms with Gasteiger partial charge in [-0.05, 0) is 18.6 Å². The second-order valence-electron chi connectivity index (χ2n) is 5.83. The molecule has 1 fully saturated rings. The van der Waals surface area contributed by atoms with Crippen molar-refractivity contribution < 1.29 is 43.9 Å². The molecule has 0 spiro atoms. The van der Waals surface area contributed by atoms with Crippen LogP contribution in [0, 0.1) is 0 Å². The van der Waals surface area contributed by atoms with Crippen LogP contribution in [0.25, 0.3) is 0 Å². The zero-order chi connectivity index (χ0) is 20.1. The molecule has 1 aromatic rings. The van der Waals surface area contributed by atoms with Crippen molar-refractivity contribution in [3.05, 3.63) is 41.0 Å². The van der Waals surface area contributed by atoms with Gasteiger partial charge in [0.25, 0.3) is 0 Å². The summed E-state index contributed by atoms with van der Waals surface area (Å²) in [6.45, 7) is 4.62. The van der Waals surface area contributed by atoms with Gasteiger partial charge in [0.1, 0.15) is 24.0 Å². The predicted molar refractivity (Wildman–Crippen MR) is 91.1 cm³/mol. The average Bonchev–Trinajstić information content (AvgIpc) is 3.42. The molecule has 1 heterocycles. The van der Waals surface area contributed by atoms with Gasteiger partial charge < -0.3 is 29.5 Å². The average molecular weight is 380 g/mol. The molecule has 0 aliphatic carbocycles. The lowest BCUT2D eigenvalue weighted by Gasteiger charge is -2.23. The topological polar surface area (TPSA) is 143 Å². The minimum Gasteiger partial charge on any atom is -0.490 e. The van der Waals surface area contributed by atoms with E-state index in [2.05, 4.69) is 6.58 Å². The van der Waals surface area contributed by atoms with Crippen molar-refractivity contribution in [2.45, 2.75) is 25.6 Å². The van der Waals surface area contributed by atoms with Gasteiger partial charge >= 0.3 is 17.9 Å². The van der Waals surface area contributed by atoms with Gasteiger partial charge in [0.15, 0.2) is 0 Å². The highest BCUT2D eigenvalue weighted by Crippen LogP contribution is 2.38. The molecular formula is C18H20O9. The summed E-state index contributed by atoms with van der Waals surface area (Å²) < 4.78 is 15.8. The largest absolute Gasteiger partial charge is 0.490 e. The molecule has 1 aliphatic rings. The number of rotatable bonds is 10. The number of carbonyl (C=O) groups excluding carboxylic acids is 1. The standard InChI is InChI=1S/C18H20O9/c1-3-13(20)27-9(2)14-10(6-11-8-26-11)7-12(17(21)22)15(18(23)24)16(14)25-5-4-19/h3,7,9,11,19H,1,4-6,8H2,2H3,(H,21,22)(H,23,24). The van der Waals surface area contributed by atoms with Crippen molar-refractivity contribution in [1.82, 2.24) is 0 Å². The van der Waals surface area contributed by atoms with Gasteiger partial charge in [-0.1, -0.05) is 6.58 Å². The van der Waals surface area contributed by atoms with Crippen molar-refractivity contribution in [2.24, 2.45) is 0 Å². The number of esters is 1. The molecule has 1 aliphatic heterocycles. The number of hydrogen-bond donors (Lipinski definition) is 3. The van der Waals surface area contributed by atoms with E-state index in [-0.39, 0.29) is 24.0 Å².